The van der Waals surface area contributed by atoms with E-state index in [9.17, 15) is 4.79 Å². The number of nitrogens with one attached hydrogen (secondary N) is 1. The molecule has 0 saturated carbocycles. The molecule has 3 N–H and O–H groups in total. The fraction of sp³-hybridized carbons (Fsp3) is 0.100. The van der Waals surface area contributed by atoms with E-state index >= 15 is 0 Å². The molecule has 0 saturated heterocycles. The van der Waals surface area contributed by atoms with Crippen LogP contribution in [0.15, 0.2) is 23.4 Å². The minimum atomic E-state index is -0.429. The van der Waals surface area contributed by atoms with Crippen molar-refractivity contribution in [3.05, 3.63) is 34.0 Å². The van der Waals surface area contributed by atoms with Crippen LogP contribution in [0.3, 0.4) is 0 Å². The van der Waals surface area contributed by atoms with Crippen molar-refractivity contribution in [2.75, 3.05) is 5.73 Å². The van der Waals surface area contributed by atoms with Gasteiger partial charge in [0.25, 0.3) is 0 Å². The second-order valence-corrected chi connectivity index (χ2v) is 4.89. The summed E-state index contributed by atoms with van der Waals surface area (Å²) in [5.74, 6) is 0. The van der Waals surface area contributed by atoms with Crippen molar-refractivity contribution in [1.82, 2.24) is 19.4 Å². The molecular weight excluding hydrogens is 238 g/mol. The topological polar surface area (TPSA) is 89.1 Å². The molecule has 17 heavy (non-hydrogen) atoms. The molecule has 0 radical (unpaired) electrons. The first kappa shape index (κ1) is 10.0. The van der Waals surface area contributed by atoms with Crippen LogP contribution in [-0.4, -0.2) is 19.4 Å². The van der Waals surface area contributed by atoms with Crippen molar-refractivity contribution in [3.63, 3.8) is 0 Å². The molecule has 0 aromatic carbocycles. The number of H-pyrrole nitrogens is 1. The number of rotatable bonds is 1. The van der Waals surface area contributed by atoms with Gasteiger partial charge in [-0.2, -0.15) is 4.98 Å². The number of fused-ring (bicyclic) bond motifs is 1. The molecular formula is C10H9N5OS. The van der Waals surface area contributed by atoms with Gasteiger partial charge in [0.1, 0.15) is 5.69 Å². The smallest absolute Gasteiger partial charge is 0.345 e. The third-order valence-corrected chi connectivity index (χ3v) is 3.28. The molecule has 0 fully saturated rings. The highest BCUT2D eigenvalue weighted by Gasteiger charge is 2.10. The van der Waals surface area contributed by atoms with Gasteiger partial charge in [-0.1, -0.05) is 0 Å². The van der Waals surface area contributed by atoms with Crippen LogP contribution in [0.25, 0.3) is 16.3 Å². The van der Waals surface area contributed by atoms with Crippen molar-refractivity contribution in [2.45, 2.75) is 6.92 Å². The van der Waals surface area contributed by atoms with E-state index in [2.05, 4.69) is 15.0 Å². The minimum Gasteiger partial charge on any atom is -0.396 e. The Bertz CT molecular complexity index is 722. The maximum atomic E-state index is 11.2. The number of aromatic amines is 1. The van der Waals surface area contributed by atoms with Gasteiger partial charge in [0.15, 0.2) is 4.96 Å². The van der Waals surface area contributed by atoms with Crippen molar-refractivity contribution >= 4 is 22.0 Å². The number of nitrogen functional groups attached to an aromatic ring is 1. The molecule has 0 aliphatic carbocycles. The number of anilines is 1. The summed E-state index contributed by atoms with van der Waals surface area (Å²) < 4.78 is 1.91. The van der Waals surface area contributed by atoms with Gasteiger partial charge in [0.05, 0.1) is 17.6 Å². The van der Waals surface area contributed by atoms with Crippen molar-refractivity contribution in [2.24, 2.45) is 0 Å². The van der Waals surface area contributed by atoms with Gasteiger partial charge in [-0.05, 0) is 6.92 Å². The first-order valence-electron chi connectivity index (χ1n) is 4.94. The average molecular weight is 247 g/mol. The standard InChI is InChI=1S/C10H9N5OS/c1-5-3-15-4-7(13-10(15)17-5)8-6(11)2-12-9(16)14-8/h2-4H,11H2,1H3,(H,12,14,16). The first-order valence-corrected chi connectivity index (χ1v) is 5.75. The highest BCUT2D eigenvalue weighted by molar-refractivity contribution is 7.17. The molecule has 0 bridgehead atoms. The lowest BCUT2D eigenvalue weighted by Gasteiger charge is -1.99. The number of hydrogen-bond acceptors (Lipinski definition) is 5. The molecule has 3 aromatic heterocycles. The summed E-state index contributed by atoms with van der Waals surface area (Å²) >= 11 is 1.58. The van der Waals surface area contributed by atoms with Crippen LogP contribution in [0.5, 0.6) is 0 Å². The maximum Gasteiger partial charge on any atom is 0.345 e. The Hall–Kier alpha value is -2.15. The number of thiazole rings is 1. The van der Waals surface area contributed by atoms with Crippen LogP contribution in [0.4, 0.5) is 5.69 Å². The molecule has 0 atom stereocenters. The Morgan fingerprint density at radius 3 is 3.06 bits per heavy atom. The lowest BCUT2D eigenvalue weighted by molar-refractivity contribution is 1.08. The van der Waals surface area contributed by atoms with E-state index in [1.54, 1.807) is 11.3 Å². The van der Waals surface area contributed by atoms with Gasteiger partial charge in [0, 0.05) is 17.3 Å². The molecule has 0 aliphatic heterocycles. The Morgan fingerprint density at radius 2 is 2.29 bits per heavy atom. The molecule has 3 aromatic rings. The summed E-state index contributed by atoms with van der Waals surface area (Å²) in [6.07, 6.45) is 5.15. The molecule has 86 valence electrons. The van der Waals surface area contributed by atoms with Crippen molar-refractivity contribution in [3.8, 4) is 11.4 Å². The zero-order valence-electron chi connectivity index (χ0n) is 8.97. The van der Waals surface area contributed by atoms with Gasteiger partial charge in [-0.15, -0.1) is 11.3 Å². The SMILES string of the molecule is Cc1cn2cc(-c3[nH]c(=O)ncc3N)nc2s1. The average Bonchev–Trinajstić information content (AvgIpc) is 2.78. The zero-order chi connectivity index (χ0) is 12.0. The fourth-order valence-corrected chi connectivity index (χ4v) is 2.46. The molecule has 0 amide bonds. The normalized spacial score (nSPS) is 11.1. The summed E-state index contributed by atoms with van der Waals surface area (Å²) in [6.45, 7) is 2.02. The highest BCUT2D eigenvalue weighted by Crippen LogP contribution is 2.24. The van der Waals surface area contributed by atoms with Crippen LogP contribution < -0.4 is 11.4 Å². The van der Waals surface area contributed by atoms with E-state index in [0.29, 0.717) is 17.1 Å². The van der Waals surface area contributed by atoms with Crippen LogP contribution in [0.2, 0.25) is 0 Å². The molecule has 0 spiro atoms. The quantitative estimate of drug-likeness (QED) is 0.672. The Morgan fingerprint density at radius 1 is 1.47 bits per heavy atom. The molecule has 3 rings (SSSR count). The van der Waals surface area contributed by atoms with Gasteiger partial charge >= 0.3 is 5.69 Å². The monoisotopic (exact) mass is 247 g/mol. The molecule has 0 unspecified atom stereocenters. The first-order chi connectivity index (χ1) is 8.13. The fourth-order valence-electron chi connectivity index (χ4n) is 1.65. The number of aryl methyl sites for hydroxylation is 1. The third kappa shape index (κ3) is 1.60. The summed E-state index contributed by atoms with van der Waals surface area (Å²) in [7, 11) is 0. The van der Waals surface area contributed by atoms with Gasteiger partial charge < -0.3 is 10.7 Å². The molecule has 6 nitrogen and oxygen atoms in total. The lowest BCUT2D eigenvalue weighted by Crippen LogP contribution is -2.12. The minimum absolute atomic E-state index is 0.409. The summed E-state index contributed by atoms with van der Waals surface area (Å²) in [5.41, 5.74) is 6.90. The molecule has 0 aliphatic rings. The largest absolute Gasteiger partial charge is 0.396 e. The lowest BCUT2D eigenvalue weighted by atomic mass is 10.3. The van der Waals surface area contributed by atoms with E-state index in [4.69, 9.17) is 5.73 Å². The summed E-state index contributed by atoms with van der Waals surface area (Å²) in [4.78, 5) is 23.8. The van der Waals surface area contributed by atoms with E-state index in [-0.39, 0.29) is 0 Å². The molecule has 3 heterocycles. The van der Waals surface area contributed by atoms with E-state index in [1.165, 1.54) is 11.1 Å². The number of hydrogen-bond donors (Lipinski definition) is 2. The van der Waals surface area contributed by atoms with Crippen LogP contribution in [0.1, 0.15) is 4.88 Å². The second kappa shape index (κ2) is 3.42. The number of imidazole rings is 1. The van der Waals surface area contributed by atoms with Gasteiger partial charge in [-0.25, -0.2) is 9.78 Å². The summed E-state index contributed by atoms with van der Waals surface area (Å²) in [6, 6.07) is 0. The van der Waals surface area contributed by atoms with E-state index in [1.807, 2.05) is 23.7 Å². The number of nitrogens with two attached hydrogens (primary N) is 1. The zero-order valence-corrected chi connectivity index (χ0v) is 9.78. The van der Waals surface area contributed by atoms with E-state index < -0.39 is 5.69 Å². The molecule has 7 heteroatoms. The van der Waals surface area contributed by atoms with Crippen LogP contribution in [-0.2, 0) is 0 Å². The predicted molar refractivity (Wildman–Crippen MR) is 66.1 cm³/mol. The maximum absolute atomic E-state index is 11.2. The Kier molecular flexibility index (Phi) is 2.02. The second-order valence-electron chi connectivity index (χ2n) is 3.68. The number of nitrogens with zero attached hydrogens (tertiary/aromatic N) is 3. The van der Waals surface area contributed by atoms with Crippen molar-refractivity contribution in [1.29, 1.82) is 0 Å². The van der Waals surface area contributed by atoms with Gasteiger partial charge in [-0.3, -0.25) is 4.40 Å². The van der Waals surface area contributed by atoms with Crippen LogP contribution in [0, 0.1) is 6.92 Å². The van der Waals surface area contributed by atoms with Gasteiger partial charge in [0.2, 0.25) is 0 Å². The Labute approximate surface area is 99.8 Å². The number of aromatic nitrogens is 4. The summed E-state index contributed by atoms with van der Waals surface area (Å²) in [5, 5.41) is 0. The Balaban J connectivity index is 2.23. The van der Waals surface area contributed by atoms with E-state index in [0.717, 1.165) is 4.96 Å². The highest BCUT2D eigenvalue weighted by atomic mass is 32.1. The predicted octanol–water partition coefficient (Wildman–Crippen LogP) is 1.04. The van der Waals surface area contributed by atoms with Crippen molar-refractivity contribution < 1.29 is 0 Å². The third-order valence-electron chi connectivity index (χ3n) is 2.37. The van der Waals surface area contributed by atoms with Crippen LogP contribution >= 0.6 is 11.3 Å².